The number of rotatable bonds is 6. The van der Waals surface area contributed by atoms with E-state index in [1.165, 1.54) is 12.8 Å². The molecule has 0 aromatic heterocycles. The lowest BCUT2D eigenvalue weighted by atomic mass is 9.90. The minimum atomic E-state index is 0.339. The Balaban J connectivity index is 1.52. The fourth-order valence-electron chi connectivity index (χ4n) is 4.33. The molecule has 5 heteroatoms. The number of benzene rings is 1. The summed E-state index contributed by atoms with van der Waals surface area (Å²) in [6.45, 7) is 3.98. The van der Waals surface area contributed by atoms with Crippen LogP contribution in [0.25, 0.3) is 0 Å². The number of methoxy groups -OCH3 is 1. The van der Waals surface area contributed by atoms with Gasteiger partial charge in [0.25, 0.3) is 0 Å². The molecule has 1 aromatic carbocycles. The molecule has 0 spiro atoms. The Bertz CT molecular complexity index is 602. The van der Waals surface area contributed by atoms with Gasteiger partial charge in [0.1, 0.15) is 5.75 Å². The van der Waals surface area contributed by atoms with E-state index in [1.807, 2.05) is 18.2 Å². The maximum absolute atomic E-state index is 12.7. The van der Waals surface area contributed by atoms with Gasteiger partial charge < -0.3 is 15.0 Å². The number of halogens is 1. The van der Waals surface area contributed by atoms with Crippen LogP contribution < -0.4 is 10.1 Å². The molecule has 1 atom stereocenters. The molecule has 1 aromatic rings. The molecule has 1 N–H and O–H groups in total. The van der Waals surface area contributed by atoms with Crippen LogP contribution in [0.4, 0.5) is 0 Å². The lowest BCUT2D eigenvalue weighted by Crippen LogP contribution is -2.40. The van der Waals surface area contributed by atoms with E-state index in [4.69, 9.17) is 16.3 Å². The zero-order valence-electron chi connectivity index (χ0n) is 15.8. The van der Waals surface area contributed by atoms with Crippen LogP contribution in [-0.2, 0) is 11.2 Å². The molecule has 2 aliphatic rings. The van der Waals surface area contributed by atoms with Crippen LogP contribution in [0.5, 0.6) is 5.75 Å². The highest BCUT2D eigenvalue weighted by atomic mass is 35.5. The number of amides is 1. The zero-order chi connectivity index (χ0) is 18.4. The Labute approximate surface area is 162 Å². The van der Waals surface area contributed by atoms with Crippen molar-refractivity contribution in [1.29, 1.82) is 0 Å². The summed E-state index contributed by atoms with van der Waals surface area (Å²) in [6.07, 6.45) is 7.35. The van der Waals surface area contributed by atoms with Gasteiger partial charge in [0, 0.05) is 24.5 Å². The first-order chi connectivity index (χ1) is 12.7. The first-order valence-electron chi connectivity index (χ1n) is 9.96. The van der Waals surface area contributed by atoms with Gasteiger partial charge in [0.2, 0.25) is 5.91 Å². The van der Waals surface area contributed by atoms with E-state index in [1.54, 1.807) is 7.11 Å². The molecule has 1 unspecified atom stereocenters. The third-order valence-electron chi connectivity index (χ3n) is 5.85. The fourth-order valence-corrected chi connectivity index (χ4v) is 4.53. The topological polar surface area (TPSA) is 41.6 Å². The monoisotopic (exact) mass is 378 g/mol. The van der Waals surface area contributed by atoms with Crippen LogP contribution >= 0.6 is 11.6 Å². The second-order valence-electron chi connectivity index (χ2n) is 7.74. The molecule has 2 aliphatic heterocycles. The quantitative estimate of drug-likeness (QED) is 0.815. The first-order valence-corrected chi connectivity index (χ1v) is 10.3. The third kappa shape index (κ3) is 5.37. The second kappa shape index (κ2) is 9.61. The van der Waals surface area contributed by atoms with Crippen LogP contribution in [0.3, 0.4) is 0 Å². The molecular formula is C21H31ClN2O2. The molecule has 2 fully saturated rings. The second-order valence-corrected chi connectivity index (χ2v) is 8.18. The third-order valence-corrected chi connectivity index (χ3v) is 6.08. The van der Waals surface area contributed by atoms with Crippen molar-refractivity contribution in [2.75, 3.05) is 33.3 Å². The van der Waals surface area contributed by atoms with E-state index in [2.05, 4.69) is 10.2 Å². The molecule has 144 valence electrons. The summed E-state index contributed by atoms with van der Waals surface area (Å²) in [5.41, 5.74) is 1.15. The molecule has 0 bridgehead atoms. The van der Waals surface area contributed by atoms with Crippen LogP contribution in [0, 0.1) is 11.8 Å². The van der Waals surface area contributed by atoms with Gasteiger partial charge in [0.05, 0.1) is 7.11 Å². The lowest BCUT2D eigenvalue weighted by Gasteiger charge is -2.33. The Kier molecular flexibility index (Phi) is 7.21. The molecule has 4 nitrogen and oxygen atoms in total. The number of hydrogen-bond donors (Lipinski definition) is 1. The van der Waals surface area contributed by atoms with Gasteiger partial charge in [-0.3, -0.25) is 4.79 Å². The summed E-state index contributed by atoms with van der Waals surface area (Å²) in [6, 6.07) is 5.79. The van der Waals surface area contributed by atoms with Gasteiger partial charge in [-0.1, -0.05) is 11.6 Å². The molecule has 26 heavy (non-hydrogen) atoms. The predicted octanol–water partition coefficient (Wildman–Crippen LogP) is 3.91. The van der Waals surface area contributed by atoms with Gasteiger partial charge in [-0.05, 0) is 87.2 Å². The van der Waals surface area contributed by atoms with Gasteiger partial charge in [-0.15, -0.1) is 0 Å². The van der Waals surface area contributed by atoms with Gasteiger partial charge in [-0.2, -0.15) is 0 Å². The summed E-state index contributed by atoms with van der Waals surface area (Å²) in [5.74, 6) is 2.44. The van der Waals surface area contributed by atoms with Crippen molar-refractivity contribution in [3.8, 4) is 5.75 Å². The SMILES string of the molecule is COc1ccc(Cl)cc1CC1CCCN(C(=O)CCC2CCNCC2)C1. The molecule has 0 saturated carbocycles. The molecular weight excluding hydrogens is 348 g/mol. The van der Waals surface area contributed by atoms with E-state index in [9.17, 15) is 4.79 Å². The van der Waals surface area contributed by atoms with E-state index in [0.717, 1.165) is 74.1 Å². The number of likely N-dealkylation sites (tertiary alicyclic amines) is 1. The average molecular weight is 379 g/mol. The smallest absolute Gasteiger partial charge is 0.222 e. The largest absolute Gasteiger partial charge is 0.496 e. The molecule has 2 heterocycles. The van der Waals surface area contributed by atoms with Crippen molar-refractivity contribution in [3.05, 3.63) is 28.8 Å². The minimum Gasteiger partial charge on any atom is -0.496 e. The standard InChI is InChI=1S/C21H31ClN2O2/c1-26-20-6-5-19(22)14-18(20)13-17-3-2-12-24(15-17)21(25)7-4-16-8-10-23-11-9-16/h5-6,14,16-17,23H,2-4,7-13,15H2,1H3. The summed E-state index contributed by atoms with van der Waals surface area (Å²) in [7, 11) is 1.70. The maximum Gasteiger partial charge on any atom is 0.222 e. The van der Waals surface area contributed by atoms with Gasteiger partial charge in [-0.25, -0.2) is 0 Å². The number of nitrogens with zero attached hydrogens (tertiary/aromatic N) is 1. The highest BCUT2D eigenvalue weighted by Gasteiger charge is 2.25. The number of carbonyl (C=O) groups is 1. The van der Waals surface area contributed by atoms with Crippen LogP contribution in [-0.4, -0.2) is 44.1 Å². The first kappa shape index (κ1) is 19.5. The Morgan fingerprint density at radius 3 is 2.85 bits per heavy atom. The lowest BCUT2D eigenvalue weighted by molar-refractivity contribution is -0.133. The van der Waals surface area contributed by atoms with Crippen molar-refractivity contribution in [3.63, 3.8) is 0 Å². The number of carbonyl (C=O) groups excluding carboxylic acids is 1. The number of hydrogen-bond acceptors (Lipinski definition) is 3. The highest BCUT2D eigenvalue weighted by molar-refractivity contribution is 6.30. The number of piperidine rings is 2. The van der Waals surface area contributed by atoms with Crippen molar-refractivity contribution >= 4 is 17.5 Å². The van der Waals surface area contributed by atoms with Gasteiger partial charge in [0.15, 0.2) is 0 Å². The summed E-state index contributed by atoms with van der Waals surface area (Å²) >= 11 is 6.16. The number of ether oxygens (including phenoxy) is 1. The van der Waals surface area contributed by atoms with Crippen LogP contribution in [0.2, 0.25) is 5.02 Å². The molecule has 0 aliphatic carbocycles. The number of nitrogens with one attached hydrogen (secondary N) is 1. The van der Waals surface area contributed by atoms with Crippen molar-refractivity contribution in [2.24, 2.45) is 11.8 Å². The Morgan fingerprint density at radius 1 is 1.27 bits per heavy atom. The predicted molar refractivity (Wildman–Crippen MR) is 106 cm³/mol. The van der Waals surface area contributed by atoms with Crippen molar-refractivity contribution in [1.82, 2.24) is 10.2 Å². The van der Waals surface area contributed by atoms with Crippen molar-refractivity contribution in [2.45, 2.75) is 44.9 Å². The highest BCUT2D eigenvalue weighted by Crippen LogP contribution is 2.29. The minimum absolute atomic E-state index is 0.339. The van der Waals surface area contributed by atoms with Crippen molar-refractivity contribution < 1.29 is 9.53 Å². The summed E-state index contributed by atoms with van der Waals surface area (Å²) < 4.78 is 5.48. The van der Waals surface area contributed by atoms with Crippen LogP contribution in [0.15, 0.2) is 18.2 Å². The zero-order valence-corrected chi connectivity index (χ0v) is 16.6. The summed E-state index contributed by atoms with van der Waals surface area (Å²) in [5, 5.41) is 4.14. The fraction of sp³-hybridized carbons (Fsp3) is 0.667. The van der Waals surface area contributed by atoms with E-state index in [0.29, 0.717) is 18.2 Å². The molecule has 1 amide bonds. The Morgan fingerprint density at radius 2 is 2.08 bits per heavy atom. The van der Waals surface area contributed by atoms with Gasteiger partial charge >= 0.3 is 0 Å². The maximum atomic E-state index is 12.7. The molecule has 0 radical (unpaired) electrons. The molecule has 2 saturated heterocycles. The van der Waals surface area contributed by atoms with E-state index >= 15 is 0 Å². The van der Waals surface area contributed by atoms with E-state index in [-0.39, 0.29) is 0 Å². The normalized spacial score (nSPS) is 21.6. The molecule has 3 rings (SSSR count). The average Bonchev–Trinajstić information content (AvgIpc) is 2.67. The van der Waals surface area contributed by atoms with Crippen LogP contribution in [0.1, 0.15) is 44.1 Å². The Hall–Kier alpha value is -1.26. The summed E-state index contributed by atoms with van der Waals surface area (Å²) in [4.78, 5) is 14.8. The van der Waals surface area contributed by atoms with E-state index < -0.39 is 0 Å².